The first-order valence-electron chi connectivity index (χ1n) is 8.95. The van der Waals surface area contributed by atoms with Crippen molar-refractivity contribution in [2.45, 2.75) is 25.7 Å². The molecule has 0 aliphatic heterocycles. The van der Waals surface area contributed by atoms with Crippen molar-refractivity contribution >= 4 is 17.2 Å². The van der Waals surface area contributed by atoms with E-state index < -0.39 is 0 Å². The van der Waals surface area contributed by atoms with Gasteiger partial charge in [0.15, 0.2) is 0 Å². The Bertz CT molecular complexity index is 858. The molecule has 132 valence electrons. The molecule has 26 heavy (non-hydrogen) atoms. The van der Waals surface area contributed by atoms with E-state index in [4.69, 9.17) is 11.6 Å². The van der Waals surface area contributed by atoms with Crippen LogP contribution in [0.1, 0.15) is 36.8 Å². The third kappa shape index (κ3) is 3.17. The Balaban J connectivity index is 1.92. The molecule has 3 aliphatic carbocycles. The summed E-state index contributed by atoms with van der Waals surface area (Å²) in [4.78, 5) is 0. The third-order valence-corrected chi connectivity index (χ3v) is 5.38. The molecule has 0 heterocycles. The number of alkyl halides is 1. The normalized spacial score (nSPS) is 14.9. The minimum absolute atomic E-state index is 0.258. The highest BCUT2D eigenvalue weighted by Crippen LogP contribution is 2.48. The van der Waals surface area contributed by atoms with Gasteiger partial charge in [0, 0.05) is 5.88 Å². The summed E-state index contributed by atoms with van der Waals surface area (Å²) in [6, 6.07) is 14.7. The molecule has 0 spiro atoms. The predicted molar refractivity (Wildman–Crippen MR) is 107 cm³/mol. The molecular weight excluding hydrogens is 344 g/mol. The van der Waals surface area contributed by atoms with E-state index in [0.29, 0.717) is 5.88 Å². The lowest BCUT2D eigenvalue weighted by molar-refractivity contribution is 0.475. The van der Waals surface area contributed by atoms with Gasteiger partial charge in [-0.15, -0.1) is 11.6 Å². The van der Waals surface area contributed by atoms with Gasteiger partial charge in [0.2, 0.25) is 0 Å². The molecule has 2 aromatic rings. The number of hydrogen-bond donors (Lipinski definition) is 2. The minimum atomic E-state index is 0.258. The van der Waals surface area contributed by atoms with E-state index in [1.54, 1.807) is 24.3 Å². The zero-order valence-corrected chi connectivity index (χ0v) is 15.3. The Morgan fingerprint density at radius 1 is 0.846 bits per heavy atom. The van der Waals surface area contributed by atoms with Crippen molar-refractivity contribution in [2.24, 2.45) is 0 Å². The summed E-state index contributed by atoms with van der Waals surface area (Å²) < 4.78 is 0. The fourth-order valence-electron chi connectivity index (χ4n) is 3.80. The fraction of sp³-hybridized carbons (Fsp3) is 0.217. The zero-order valence-electron chi connectivity index (χ0n) is 14.5. The molecule has 0 unspecified atom stereocenters. The molecule has 0 radical (unpaired) electrons. The summed E-state index contributed by atoms with van der Waals surface area (Å²) in [6.45, 7) is 0. The molecule has 3 heteroatoms. The summed E-state index contributed by atoms with van der Waals surface area (Å²) in [6.07, 6.45) is 6.37. The molecule has 2 aromatic carbocycles. The van der Waals surface area contributed by atoms with Crippen LogP contribution < -0.4 is 0 Å². The Labute approximate surface area is 158 Å². The maximum Gasteiger partial charge on any atom is 0.115 e. The van der Waals surface area contributed by atoms with Crippen LogP contribution >= 0.6 is 11.6 Å². The highest BCUT2D eigenvalue weighted by atomic mass is 35.5. The number of aromatic hydroxyl groups is 2. The molecule has 0 aromatic heterocycles. The van der Waals surface area contributed by atoms with E-state index in [2.05, 4.69) is 6.08 Å². The highest BCUT2D eigenvalue weighted by molar-refractivity contribution is 6.17. The van der Waals surface area contributed by atoms with Gasteiger partial charge in [-0.2, -0.15) is 0 Å². The molecular formula is C23H21ClO2. The van der Waals surface area contributed by atoms with Gasteiger partial charge < -0.3 is 10.2 Å². The number of phenolic OH excluding ortho intramolecular Hbond substituents is 2. The standard InChI is InChI=1S/C23H21ClO2/c24-11-1-2-21(22-14-15-12-18(22)13-15)23(16-3-7-19(25)8-4-16)17-5-9-20(26)10-6-17/h3-10,14,25-26H,1-2,11-13H2. The summed E-state index contributed by atoms with van der Waals surface area (Å²) in [7, 11) is 0. The van der Waals surface area contributed by atoms with Crippen molar-refractivity contribution in [3.05, 3.63) is 88.0 Å². The molecule has 2 nitrogen and oxygen atoms in total. The van der Waals surface area contributed by atoms with Gasteiger partial charge in [0.1, 0.15) is 11.5 Å². The first-order valence-corrected chi connectivity index (χ1v) is 9.49. The van der Waals surface area contributed by atoms with Crippen molar-refractivity contribution in [1.29, 1.82) is 0 Å². The maximum atomic E-state index is 9.70. The van der Waals surface area contributed by atoms with Crippen LogP contribution in [0.2, 0.25) is 0 Å². The van der Waals surface area contributed by atoms with Crippen LogP contribution in [-0.2, 0) is 0 Å². The van der Waals surface area contributed by atoms with Crippen LogP contribution in [0.4, 0.5) is 0 Å². The second-order valence-corrected chi connectivity index (χ2v) is 7.29. The lowest BCUT2D eigenvalue weighted by Crippen LogP contribution is -2.01. The average molecular weight is 365 g/mol. The van der Waals surface area contributed by atoms with Crippen LogP contribution in [0.5, 0.6) is 11.5 Å². The van der Waals surface area contributed by atoms with Crippen LogP contribution in [0.3, 0.4) is 0 Å². The molecule has 1 fully saturated rings. The number of phenols is 2. The van der Waals surface area contributed by atoms with Crippen molar-refractivity contribution in [3.8, 4) is 11.5 Å². The van der Waals surface area contributed by atoms with Crippen molar-refractivity contribution in [2.75, 3.05) is 5.88 Å². The molecule has 0 saturated heterocycles. The van der Waals surface area contributed by atoms with Gasteiger partial charge in [0.25, 0.3) is 0 Å². The van der Waals surface area contributed by atoms with Crippen LogP contribution in [0.15, 0.2) is 76.9 Å². The number of halogens is 1. The predicted octanol–water partition coefficient (Wildman–Crippen LogP) is 5.95. The Morgan fingerprint density at radius 3 is 1.81 bits per heavy atom. The smallest absolute Gasteiger partial charge is 0.115 e. The first-order chi connectivity index (χ1) is 12.7. The molecule has 5 rings (SSSR count). The van der Waals surface area contributed by atoms with Crippen LogP contribution in [-0.4, -0.2) is 16.1 Å². The monoisotopic (exact) mass is 364 g/mol. The quantitative estimate of drug-likeness (QED) is 0.622. The van der Waals surface area contributed by atoms with Gasteiger partial charge in [0.05, 0.1) is 0 Å². The average Bonchev–Trinajstić information content (AvgIpc) is 3.21. The zero-order chi connectivity index (χ0) is 18.1. The molecule has 1 saturated carbocycles. The molecule has 3 aliphatic rings. The Morgan fingerprint density at radius 2 is 1.38 bits per heavy atom. The van der Waals surface area contributed by atoms with E-state index in [1.807, 2.05) is 24.3 Å². The van der Waals surface area contributed by atoms with E-state index in [1.165, 1.54) is 22.3 Å². The second kappa shape index (κ2) is 7.05. The number of allylic oxidation sites excluding steroid dienone is 5. The lowest BCUT2D eigenvalue weighted by atomic mass is 9.85. The Hall–Kier alpha value is -2.45. The SMILES string of the molecule is Oc1ccc(C(=C(CCCCl)C2=C3CC(=C2)C3)c2ccc(O)cc2)cc1. The summed E-state index contributed by atoms with van der Waals surface area (Å²) in [5, 5.41) is 19.4. The largest absolute Gasteiger partial charge is 0.508 e. The summed E-state index contributed by atoms with van der Waals surface area (Å²) >= 11 is 6.02. The van der Waals surface area contributed by atoms with Gasteiger partial charge >= 0.3 is 0 Å². The highest BCUT2D eigenvalue weighted by Gasteiger charge is 2.29. The van der Waals surface area contributed by atoms with Gasteiger partial charge in [-0.25, -0.2) is 0 Å². The molecule has 0 atom stereocenters. The van der Waals surface area contributed by atoms with Crippen LogP contribution in [0, 0.1) is 0 Å². The van der Waals surface area contributed by atoms with E-state index in [9.17, 15) is 10.2 Å². The van der Waals surface area contributed by atoms with Crippen molar-refractivity contribution < 1.29 is 10.2 Å². The Kier molecular flexibility index (Phi) is 4.60. The van der Waals surface area contributed by atoms with Gasteiger partial charge in [-0.3, -0.25) is 0 Å². The van der Waals surface area contributed by atoms with Gasteiger partial charge in [-0.05, 0) is 77.8 Å². The summed E-state index contributed by atoms with van der Waals surface area (Å²) in [5.74, 6) is 1.14. The minimum Gasteiger partial charge on any atom is -0.508 e. The fourth-order valence-corrected chi connectivity index (χ4v) is 3.94. The number of hydrogen-bond acceptors (Lipinski definition) is 2. The van der Waals surface area contributed by atoms with Crippen molar-refractivity contribution in [1.82, 2.24) is 0 Å². The molecule has 2 bridgehead atoms. The first kappa shape index (κ1) is 17.0. The molecule has 0 amide bonds. The number of fused-ring (bicyclic) bond motifs is 1. The van der Waals surface area contributed by atoms with E-state index in [0.717, 1.165) is 42.4 Å². The van der Waals surface area contributed by atoms with E-state index >= 15 is 0 Å². The van der Waals surface area contributed by atoms with Gasteiger partial charge in [-0.1, -0.05) is 41.5 Å². The van der Waals surface area contributed by atoms with Crippen LogP contribution in [0.25, 0.3) is 5.57 Å². The lowest BCUT2D eigenvalue weighted by Gasteiger charge is -2.20. The molecule has 2 N–H and O–H groups in total. The number of benzene rings is 2. The van der Waals surface area contributed by atoms with Crippen molar-refractivity contribution in [3.63, 3.8) is 0 Å². The summed E-state index contributed by atoms with van der Waals surface area (Å²) in [5.41, 5.74) is 8.98. The number of rotatable bonds is 6. The third-order valence-electron chi connectivity index (χ3n) is 5.11. The topological polar surface area (TPSA) is 40.5 Å². The maximum absolute atomic E-state index is 9.70. The van der Waals surface area contributed by atoms with E-state index in [-0.39, 0.29) is 11.5 Å². The second-order valence-electron chi connectivity index (χ2n) is 6.91.